The highest BCUT2D eigenvalue weighted by molar-refractivity contribution is 4.89. The molecule has 1 unspecified atom stereocenters. The molecule has 5 heteroatoms. The van der Waals surface area contributed by atoms with E-state index in [2.05, 4.69) is 41.6 Å². The molecule has 1 aromatic heterocycles. The molecule has 1 N–H and O–H groups in total. The van der Waals surface area contributed by atoms with Crippen LogP contribution in [0, 0.1) is 5.92 Å². The number of tetrazole rings is 1. The molecule has 0 bridgehead atoms. The first-order valence-corrected chi connectivity index (χ1v) is 6.76. The van der Waals surface area contributed by atoms with E-state index in [0.29, 0.717) is 18.0 Å². The van der Waals surface area contributed by atoms with E-state index in [0.717, 1.165) is 12.4 Å². The van der Waals surface area contributed by atoms with Crippen LogP contribution in [0.3, 0.4) is 0 Å². The van der Waals surface area contributed by atoms with E-state index in [1.807, 2.05) is 4.68 Å². The maximum absolute atomic E-state index is 4.15. The summed E-state index contributed by atoms with van der Waals surface area (Å²) >= 11 is 0. The largest absolute Gasteiger partial charge is 0.307 e. The van der Waals surface area contributed by atoms with E-state index in [9.17, 15) is 0 Å². The molecular weight excluding hydrogens is 214 g/mol. The molecule has 17 heavy (non-hydrogen) atoms. The molecule has 1 heterocycles. The normalized spacial score (nSPS) is 17.6. The van der Waals surface area contributed by atoms with E-state index >= 15 is 0 Å². The van der Waals surface area contributed by atoms with Gasteiger partial charge in [-0.25, -0.2) is 4.68 Å². The third-order valence-electron chi connectivity index (χ3n) is 3.80. The van der Waals surface area contributed by atoms with Crippen LogP contribution >= 0.6 is 0 Å². The number of nitrogens with zero attached hydrogens (tertiary/aromatic N) is 4. The van der Waals surface area contributed by atoms with Crippen LogP contribution in [0.25, 0.3) is 0 Å². The van der Waals surface area contributed by atoms with Crippen LogP contribution in [0.2, 0.25) is 0 Å². The third kappa shape index (κ3) is 3.03. The Labute approximate surface area is 103 Å². The average molecular weight is 237 g/mol. The fraction of sp³-hybridized carbons (Fsp3) is 0.917. The zero-order valence-electron chi connectivity index (χ0n) is 11.1. The van der Waals surface area contributed by atoms with Gasteiger partial charge >= 0.3 is 0 Å². The van der Waals surface area contributed by atoms with Crippen LogP contribution in [-0.4, -0.2) is 26.2 Å². The predicted molar refractivity (Wildman–Crippen MR) is 66.5 cm³/mol. The molecule has 2 rings (SSSR count). The molecule has 0 radical (unpaired) electrons. The highest BCUT2D eigenvalue weighted by Crippen LogP contribution is 2.24. The second-order valence-corrected chi connectivity index (χ2v) is 5.01. The predicted octanol–water partition coefficient (Wildman–Crippen LogP) is 1.92. The van der Waals surface area contributed by atoms with Gasteiger partial charge in [0.05, 0.1) is 12.6 Å². The summed E-state index contributed by atoms with van der Waals surface area (Å²) in [5, 5.41) is 15.6. The zero-order chi connectivity index (χ0) is 12.3. The van der Waals surface area contributed by atoms with Crippen molar-refractivity contribution in [3.63, 3.8) is 0 Å². The molecule has 0 aromatic carbocycles. The Hall–Kier alpha value is -0.970. The lowest BCUT2D eigenvalue weighted by molar-refractivity contribution is 0.298. The van der Waals surface area contributed by atoms with Crippen molar-refractivity contribution in [1.29, 1.82) is 0 Å². The minimum Gasteiger partial charge on any atom is -0.307 e. The average Bonchev–Trinajstić information content (AvgIpc) is 3.05. The van der Waals surface area contributed by atoms with Crippen molar-refractivity contribution in [2.24, 2.45) is 5.92 Å². The van der Waals surface area contributed by atoms with Crippen LogP contribution in [0.15, 0.2) is 0 Å². The van der Waals surface area contributed by atoms with Gasteiger partial charge in [-0.2, -0.15) is 0 Å². The topological polar surface area (TPSA) is 55.6 Å². The number of aromatic nitrogens is 4. The van der Waals surface area contributed by atoms with Crippen molar-refractivity contribution in [2.75, 3.05) is 0 Å². The van der Waals surface area contributed by atoms with Crippen LogP contribution in [0.1, 0.15) is 58.3 Å². The summed E-state index contributed by atoms with van der Waals surface area (Å²) in [7, 11) is 0. The molecule has 1 aliphatic carbocycles. The van der Waals surface area contributed by atoms with Gasteiger partial charge in [-0.1, -0.05) is 26.7 Å². The van der Waals surface area contributed by atoms with E-state index in [1.165, 1.54) is 25.7 Å². The quantitative estimate of drug-likeness (QED) is 0.787. The first-order valence-electron chi connectivity index (χ1n) is 6.76. The van der Waals surface area contributed by atoms with Gasteiger partial charge in [0.1, 0.15) is 0 Å². The highest BCUT2D eigenvalue weighted by atomic mass is 15.6. The number of rotatable bonds is 7. The monoisotopic (exact) mass is 237 g/mol. The van der Waals surface area contributed by atoms with Crippen LogP contribution in [0.4, 0.5) is 0 Å². The van der Waals surface area contributed by atoms with E-state index in [-0.39, 0.29) is 0 Å². The van der Waals surface area contributed by atoms with Crippen molar-refractivity contribution in [1.82, 2.24) is 25.5 Å². The molecule has 1 aromatic rings. The second-order valence-electron chi connectivity index (χ2n) is 5.01. The van der Waals surface area contributed by atoms with Crippen molar-refractivity contribution in [3.8, 4) is 0 Å². The maximum atomic E-state index is 4.15. The Morgan fingerprint density at radius 1 is 1.35 bits per heavy atom. The van der Waals surface area contributed by atoms with Gasteiger partial charge in [-0.15, -0.1) is 5.10 Å². The van der Waals surface area contributed by atoms with Crippen molar-refractivity contribution in [2.45, 2.75) is 65.1 Å². The summed E-state index contributed by atoms with van der Waals surface area (Å²) in [5.74, 6) is 1.62. The van der Waals surface area contributed by atoms with E-state index < -0.39 is 0 Å². The Bertz CT molecular complexity index is 340. The third-order valence-corrected chi connectivity index (χ3v) is 3.80. The SMILES string of the molecule is CCC(CC)C(C)n1nnnc1CNC1CC1. The smallest absolute Gasteiger partial charge is 0.165 e. The summed E-state index contributed by atoms with van der Waals surface area (Å²) in [5.41, 5.74) is 0. The van der Waals surface area contributed by atoms with E-state index in [4.69, 9.17) is 0 Å². The maximum Gasteiger partial charge on any atom is 0.165 e. The number of hydrogen-bond acceptors (Lipinski definition) is 4. The molecule has 1 aliphatic rings. The summed E-state index contributed by atoms with van der Waals surface area (Å²) in [6.07, 6.45) is 4.94. The Balaban J connectivity index is 2.00. The van der Waals surface area contributed by atoms with Crippen molar-refractivity contribution in [3.05, 3.63) is 5.82 Å². The summed E-state index contributed by atoms with van der Waals surface area (Å²) in [6.45, 7) is 7.48. The van der Waals surface area contributed by atoms with Gasteiger partial charge in [0.15, 0.2) is 5.82 Å². The van der Waals surface area contributed by atoms with Gasteiger partial charge in [0, 0.05) is 6.04 Å². The first kappa shape index (κ1) is 12.5. The fourth-order valence-electron chi connectivity index (χ4n) is 2.34. The van der Waals surface area contributed by atoms with Crippen molar-refractivity contribution >= 4 is 0 Å². The molecule has 1 atom stereocenters. The standard InChI is InChI=1S/C12H23N5/c1-4-10(5-2)9(3)17-12(14-15-16-17)8-13-11-6-7-11/h9-11,13H,4-8H2,1-3H3. The summed E-state index contributed by atoms with van der Waals surface area (Å²) < 4.78 is 1.99. The lowest BCUT2D eigenvalue weighted by Gasteiger charge is -2.22. The minimum absolute atomic E-state index is 0.385. The lowest BCUT2D eigenvalue weighted by Crippen LogP contribution is -2.24. The molecule has 0 aliphatic heterocycles. The highest BCUT2D eigenvalue weighted by Gasteiger charge is 2.23. The number of hydrogen-bond donors (Lipinski definition) is 1. The molecule has 0 spiro atoms. The van der Waals surface area contributed by atoms with Gasteiger partial charge < -0.3 is 5.32 Å². The minimum atomic E-state index is 0.385. The van der Waals surface area contributed by atoms with Gasteiger partial charge in [0.25, 0.3) is 0 Å². The second kappa shape index (κ2) is 5.58. The lowest BCUT2D eigenvalue weighted by atomic mass is 9.95. The zero-order valence-corrected chi connectivity index (χ0v) is 11.1. The molecule has 1 saturated carbocycles. The van der Waals surface area contributed by atoms with Crippen LogP contribution < -0.4 is 5.32 Å². The number of nitrogens with one attached hydrogen (secondary N) is 1. The summed E-state index contributed by atoms with van der Waals surface area (Å²) in [6, 6.07) is 1.08. The molecule has 1 fully saturated rings. The molecular formula is C12H23N5. The summed E-state index contributed by atoms with van der Waals surface area (Å²) in [4.78, 5) is 0. The Morgan fingerprint density at radius 2 is 2.06 bits per heavy atom. The van der Waals surface area contributed by atoms with Crippen LogP contribution in [0.5, 0.6) is 0 Å². The van der Waals surface area contributed by atoms with Gasteiger partial charge in [-0.3, -0.25) is 0 Å². The molecule has 96 valence electrons. The Kier molecular flexibility index (Phi) is 4.10. The van der Waals surface area contributed by atoms with Crippen LogP contribution in [-0.2, 0) is 6.54 Å². The fourth-order valence-corrected chi connectivity index (χ4v) is 2.34. The molecule has 0 amide bonds. The van der Waals surface area contributed by atoms with Crippen molar-refractivity contribution < 1.29 is 0 Å². The van der Waals surface area contributed by atoms with Gasteiger partial charge in [0.2, 0.25) is 0 Å². The molecule has 0 saturated heterocycles. The molecule has 5 nitrogen and oxygen atoms in total. The van der Waals surface area contributed by atoms with E-state index in [1.54, 1.807) is 0 Å². The first-order chi connectivity index (χ1) is 8.26. The van der Waals surface area contributed by atoms with Gasteiger partial charge in [-0.05, 0) is 36.1 Å². The Morgan fingerprint density at radius 3 is 2.65 bits per heavy atom.